The number of hydrogen-bond acceptors (Lipinski definition) is 5. The minimum absolute atomic E-state index is 0.0211. The molecule has 0 aliphatic rings. The summed E-state index contributed by atoms with van der Waals surface area (Å²) in [7, 11) is 0. The molecule has 18 heavy (non-hydrogen) atoms. The van der Waals surface area contributed by atoms with Crippen LogP contribution in [0.2, 0.25) is 10.0 Å². The molecule has 1 amide bonds. The number of anilines is 1. The van der Waals surface area contributed by atoms with Gasteiger partial charge < -0.3 is 15.8 Å². The quantitative estimate of drug-likeness (QED) is 0.492. The summed E-state index contributed by atoms with van der Waals surface area (Å²) in [6, 6.07) is 2.47. The summed E-state index contributed by atoms with van der Waals surface area (Å²) in [4.78, 5) is 20.5. The fraction of sp³-hybridized carbons (Fsp3) is 0.222. The van der Waals surface area contributed by atoms with Crippen LogP contribution in [0.4, 0.5) is 16.2 Å². The van der Waals surface area contributed by atoms with Gasteiger partial charge in [-0.25, -0.2) is 4.79 Å². The zero-order valence-electron chi connectivity index (χ0n) is 8.98. The molecular formula is C9H9Cl2N3O4. The molecule has 1 rings (SSSR count). The number of nitro benzene ring substituents is 1. The lowest BCUT2D eigenvalue weighted by Crippen LogP contribution is -2.18. The molecule has 0 saturated carbocycles. The number of benzene rings is 1. The molecule has 1 aromatic rings. The van der Waals surface area contributed by atoms with Gasteiger partial charge in [0.1, 0.15) is 12.3 Å². The lowest BCUT2D eigenvalue weighted by atomic mass is 10.2. The molecule has 3 N–H and O–H groups in total. The Kier molecular flexibility index (Phi) is 4.99. The highest BCUT2D eigenvalue weighted by Crippen LogP contribution is 2.33. The lowest BCUT2D eigenvalue weighted by Gasteiger charge is -2.08. The number of nitro groups is 1. The van der Waals surface area contributed by atoms with E-state index in [0.29, 0.717) is 0 Å². The van der Waals surface area contributed by atoms with E-state index in [1.807, 2.05) is 0 Å². The van der Waals surface area contributed by atoms with Gasteiger partial charge >= 0.3 is 6.09 Å². The molecule has 9 heteroatoms. The van der Waals surface area contributed by atoms with Crippen LogP contribution in [0.15, 0.2) is 12.1 Å². The van der Waals surface area contributed by atoms with Gasteiger partial charge in [0.05, 0.1) is 15.0 Å². The van der Waals surface area contributed by atoms with Gasteiger partial charge in [-0.05, 0) is 6.07 Å². The Balaban J connectivity index is 2.77. The number of ether oxygens (including phenoxy) is 1. The fourth-order valence-corrected chi connectivity index (χ4v) is 1.49. The van der Waals surface area contributed by atoms with Gasteiger partial charge in [0.2, 0.25) is 0 Å². The minimum atomic E-state index is -0.916. The molecule has 98 valence electrons. The topological polar surface area (TPSA) is 107 Å². The first kappa shape index (κ1) is 14.3. The van der Waals surface area contributed by atoms with Gasteiger partial charge in [0, 0.05) is 12.6 Å². The number of nitrogens with one attached hydrogen (secondary N) is 1. The average molecular weight is 294 g/mol. The Morgan fingerprint density at radius 3 is 2.61 bits per heavy atom. The summed E-state index contributed by atoms with van der Waals surface area (Å²) in [6.45, 7) is 0.133. The largest absolute Gasteiger partial charge is 0.448 e. The van der Waals surface area contributed by atoms with E-state index in [9.17, 15) is 14.9 Å². The van der Waals surface area contributed by atoms with Crippen LogP contribution in [0, 0.1) is 10.1 Å². The smallest absolute Gasteiger partial charge is 0.404 e. The molecule has 0 aliphatic carbocycles. The van der Waals surface area contributed by atoms with E-state index >= 15 is 0 Å². The fourth-order valence-electron chi connectivity index (χ4n) is 1.17. The SMILES string of the molecule is NC(=O)OCCNc1cc(Cl)c(Cl)cc1[N+](=O)[O-]. The van der Waals surface area contributed by atoms with Crippen LogP contribution in [-0.4, -0.2) is 24.2 Å². The summed E-state index contributed by atoms with van der Waals surface area (Å²) >= 11 is 11.4. The van der Waals surface area contributed by atoms with Crippen LogP contribution in [0.25, 0.3) is 0 Å². The van der Waals surface area contributed by atoms with Crippen molar-refractivity contribution >= 4 is 40.7 Å². The van der Waals surface area contributed by atoms with Gasteiger partial charge in [0.15, 0.2) is 0 Å². The number of rotatable bonds is 5. The number of primary amides is 1. The van der Waals surface area contributed by atoms with Gasteiger partial charge in [-0.2, -0.15) is 0 Å². The zero-order valence-corrected chi connectivity index (χ0v) is 10.5. The Bertz CT molecular complexity index is 481. The molecule has 0 aliphatic heterocycles. The van der Waals surface area contributed by atoms with Gasteiger partial charge in [-0.3, -0.25) is 10.1 Å². The maximum atomic E-state index is 10.8. The van der Waals surface area contributed by atoms with Crippen molar-refractivity contribution in [3.05, 3.63) is 32.3 Å². The highest BCUT2D eigenvalue weighted by atomic mass is 35.5. The molecule has 7 nitrogen and oxygen atoms in total. The molecule has 0 heterocycles. The van der Waals surface area contributed by atoms with E-state index in [2.05, 4.69) is 10.1 Å². The molecule has 0 radical (unpaired) electrons. The molecule has 0 bridgehead atoms. The van der Waals surface area contributed by atoms with Crippen LogP contribution in [0.5, 0.6) is 0 Å². The van der Waals surface area contributed by atoms with Crippen molar-refractivity contribution in [3.63, 3.8) is 0 Å². The number of halogens is 2. The third-order valence-electron chi connectivity index (χ3n) is 1.90. The molecular weight excluding hydrogens is 285 g/mol. The van der Waals surface area contributed by atoms with E-state index in [0.717, 1.165) is 6.07 Å². The first-order chi connectivity index (χ1) is 8.41. The van der Waals surface area contributed by atoms with Crippen molar-refractivity contribution in [3.8, 4) is 0 Å². The number of carbonyl (C=O) groups excluding carboxylic acids is 1. The second-order valence-corrected chi connectivity index (χ2v) is 3.95. The lowest BCUT2D eigenvalue weighted by molar-refractivity contribution is -0.383. The van der Waals surface area contributed by atoms with Gasteiger partial charge in [-0.1, -0.05) is 23.2 Å². The third kappa shape index (κ3) is 3.94. The summed E-state index contributed by atoms with van der Waals surface area (Å²) in [5, 5.41) is 13.8. The van der Waals surface area contributed by atoms with Crippen LogP contribution < -0.4 is 11.1 Å². The number of amides is 1. The van der Waals surface area contributed by atoms with E-state index in [-0.39, 0.29) is 34.6 Å². The van der Waals surface area contributed by atoms with Crippen LogP contribution in [-0.2, 0) is 4.74 Å². The Hall–Kier alpha value is -1.73. The van der Waals surface area contributed by atoms with Crippen molar-refractivity contribution in [1.82, 2.24) is 0 Å². The Morgan fingerprint density at radius 2 is 2.06 bits per heavy atom. The molecule has 0 atom stereocenters. The zero-order chi connectivity index (χ0) is 13.7. The number of nitrogens with two attached hydrogens (primary N) is 1. The van der Waals surface area contributed by atoms with Crippen LogP contribution in [0.1, 0.15) is 0 Å². The molecule has 0 saturated heterocycles. The standard InChI is InChI=1S/C9H9Cl2N3O4/c10-5-3-7(13-1-2-18-9(12)15)8(14(16)17)4-6(5)11/h3-4,13H,1-2H2,(H2,12,15). The van der Waals surface area contributed by atoms with E-state index in [1.165, 1.54) is 6.07 Å². The summed E-state index contributed by atoms with van der Waals surface area (Å²) in [5.74, 6) is 0. The van der Waals surface area contributed by atoms with Crippen molar-refractivity contribution in [2.75, 3.05) is 18.5 Å². The number of nitrogens with zero attached hydrogens (tertiary/aromatic N) is 1. The van der Waals surface area contributed by atoms with E-state index in [4.69, 9.17) is 28.9 Å². The number of hydrogen-bond donors (Lipinski definition) is 2. The molecule has 0 aromatic heterocycles. The van der Waals surface area contributed by atoms with Crippen molar-refractivity contribution in [1.29, 1.82) is 0 Å². The molecule has 0 unspecified atom stereocenters. The second-order valence-electron chi connectivity index (χ2n) is 3.13. The first-order valence-electron chi connectivity index (χ1n) is 4.71. The predicted molar refractivity (Wildman–Crippen MR) is 67.1 cm³/mol. The highest BCUT2D eigenvalue weighted by Gasteiger charge is 2.16. The van der Waals surface area contributed by atoms with Gasteiger partial charge in [-0.15, -0.1) is 0 Å². The second kappa shape index (κ2) is 6.27. The third-order valence-corrected chi connectivity index (χ3v) is 2.62. The first-order valence-corrected chi connectivity index (χ1v) is 5.47. The maximum Gasteiger partial charge on any atom is 0.404 e. The maximum absolute atomic E-state index is 10.8. The predicted octanol–water partition coefficient (Wildman–Crippen LogP) is 2.41. The average Bonchev–Trinajstić information content (AvgIpc) is 2.28. The van der Waals surface area contributed by atoms with Crippen molar-refractivity contribution < 1.29 is 14.5 Å². The van der Waals surface area contributed by atoms with Crippen molar-refractivity contribution in [2.45, 2.75) is 0 Å². The molecule has 0 spiro atoms. The van der Waals surface area contributed by atoms with E-state index in [1.54, 1.807) is 0 Å². The van der Waals surface area contributed by atoms with Gasteiger partial charge in [0.25, 0.3) is 5.69 Å². The Labute approximate surface area is 112 Å². The summed E-state index contributed by atoms with van der Waals surface area (Å²) < 4.78 is 4.47. The van der Waals surface area contributed by atoms with Crippen LogP contribution in [0.3, 0.4) is 0 Å². The normalized spacial score (nSPS) is 9.89. The van der Waals surface area contributed by atoms with E-state index < -0.39 is 11.0 Å². The Morgan fingerprint density at radius 1 is 1.44 bits per heavy atom. The molecule has 1 aromatic carbocycles. The minimum Gasteiger partial charge on any atom is -0.448 e. The van der Waals surface area contributed by atoms with Crippen molar-refractivity contribution in [2.24, 2.45) is 5.73 Å². The monoisotopic (exact) mass is 293 g/mol. The highest BCUT2D eigenvalue weighted by molar-refractivity contribution is 6.42. The molecule has 0 fully saturated rings. The summed E-state index contributed by atoms with van der Waals surface area (Å²) in [5.41, 5.74) is 4.72. The van der Waals surface area contributed by atoms with Crippen LogP contribution >= 0.6 is 23.2 Å². The number of carbonyl (C=O) groups is 1. The summed E-state index contributed by atoms with van der Waals surface area (Å²) in [6.07, 6.45) is -0.916.